The van der Waals surface area contributed by atoms with Crippen molar-refractivity contribution < 1.29 is 12.6 Å². The van der Waals surface area contributed by atoms with Crippen molar-refractivity contribution in [2.75, 3.05) is 7.11 Å². The molecule has 0 bridgehead atoms. The first-order valence-corrected chi connectivity index (χ1v) is 4.43. The molecule has 1 rings (SSSR count). The summed E-state index contributed by atoms with van der Waals surface area (Å²) >= 11 is 0. The Morgan fingerprint density at radius 1 is 1.17 bits per heavy atom. The van der Waals surface area contributed by atoms with E-state index >= 15 is 0 Å². The summed E-state index contributed by atoms with van der Waals surface area (Å²) in [7, 11) is -2.36. The minimum atomic E-state index is -3.50. The van der Waals surface area contributed by atoms with E-state index in [4.69, 9.17) is 0 Å². The van der Waals surface area contributed by atoms with Gasteiger partial charge in [-0.2, -0.15) is 8.42 Å². The topological polar surface area (TPSA) is 43.4 Å². The van der Waals surface area contributed by atoms with Crippen molar-refractivity contribution in [2.24, 2.45) is 0 Å². The zero-order chi connectivity index (χ0) is 8.32. The fourth-order valence-corrected chi connectivity index (χ4v) is 1.37. The first-order valence-electron chi connectivity index (χ1n) is 3.02. The molecule has 0 fully saturated rings. The molecule has 0 amide bonds. The van der Waals surface area contributed by atoms with E-state index < -0.39 is 10.1 Å². The summed E-state index contributed by atoms with van der Waals surface area (Å²) in [6.45, 7) is 0. The van der Waals surface area contributed by atoms with Crippen molar-refractivity contribution in [3.05, 3.63) is 30.3 Å². The molecule has 0 saturated carbocycles. The van der Waals surface area contributed by atoms with E-state index in [-0.39, 0.29) is 23.8 Å². The SMILES string of the molecule is COS(=O)(=O)c1ccccc1.[Li]. The van der Waals surface area contributed by atoms with Crippen LogP contribution in [0.5, 0.6) is 0 Å². The van der Waals surface area contributed by atoms with Gasteiger partial charge in [-0.3, -0.25) is 4.18 Å². The van der Waals surface area contributed by atoms with Gasteiger partial charge in [0.2, 0.25) is 0 Å². The Morgan fingerprint density at radius 2 is 1.67 bits per heavy atom. The number of benzene rings is 1. The Hall–Kier alpha value is -0.273. The van der Waals surface area contributed by atoms with Gasteiger partial charge < -0.3 is 0 Å². The fraction of sp³-hybridized carbons (Fsp3) is 0.143. The molecule has 0 N–H and O–H groups in total. The van der Waals surface area contributed by atoms with Crippen molar-refractivity contribution in [3.8, 4) is 0 Å². The van der Waals surface area contributed by atoms with Gasteiger partial charge in [0.1, 0.15) is 0 Å². The first kappa shape index (κ1) is 11.7. The summed E-state index contributed by atoms with van der Waals surface area (Å²) in [5.74, 6) is 0. The molecule has 1 radical (unpaired) electrons. The van der Waals surface area contributed by atoms with Gasteiger partial charge in [-0.25, -0.2) is 0 Å². The average molecular weight is 179 g/mol. The molecule has 3 nitrogen and oxygen atoms in total. The summed E-state index contributed by atoms with van der Waals surface area (Å²) in [4.78, 5) is 0.183. The second kappa shape index (κ2) is 4.68. The standard InChI is InChI=1S/C7H8O3S.Li/c1-10-11(8,9)7-5-3-2-4-6-7;/h2-6H,1H3;. The minimum absolute atomic E-state index is 0. The third kappa shape index (κ3) is 2.65. The molecule has 1 aromatic rings. The smallest absolute Gasteiger partial charge is 0.270 e. The summed E-state index contributed by atoms with van der Waals surface area (Å²) in [5, 5.41) is 0. The molecule has 1 aromatic carbocycles. The molecule has 0 saturated heterocycles. The largest absolute Gasteiger partial charge is 0.296 e. The second-order valence-electron chi connectivity index (χ2n) is 1.93. The maximum absolute atomic E-state index is 11.0. The number of hydrogen-bond donors (Lipinski definition) is 0. The molecule has 61 valence electrons. The van der Waals surface area contributed by atoms with Crippen LogP contribution >= 0.6 is 0 Å². The molecule has 0 spiro atoms. The Balaban J connectivity index is 0.00000121. The molecular weight excluding hydrogens is 171 g/mol. The van der Waals surface area contributed by atoms with Crippen LogP contribution in [0.3, 0.4) is 0 Å². The van der Waals surface area contributed by atoms with Gasteiger partial charge in [0.05, 0.1) is 12.0 Å². The quantitative estimate of drug-likeness (QED) is 0.494. The zero-order valence-corrected chi connectivity index (χ0v) is 7.84. The Kier molecular flexibility index (Phi) is 4.57. The predicted octanol–water partition coefficient (Wildman–Crippen LogP) is 0.641. The van der Waals surface area contributed by atoms with Crippen LogP contribution in [0.4, 0.5) is 0 Å². The molecule has 0 aliphatic heterocycles. The van der Waals surface area contributed by atoms with Gasteiger partial charge in [-0.05, 0) is 12.1 Å². The Morgan fingerprint density at radius 3 is 2.08 bits per heavy atom. The van der Waals surface area contributed by atoms with Crippen LogP contribution in [0.1, 0.15) is 0 Å². The van der Waals surface area contributed by atoms with Crippen LogP contribution in [0, 0.1) is 0 Å². The molecule has 0 aliphatic rings. The Bertz CT molecular complexity index is 320. The van der Waals surface area contributed by atoms with Crippen molar-refractivity contribution in [1.82, 2.24) is 0 Å². The maximum atomic E-state index is 11.0. The van der Waals surface area contributed by atoms with Gasteiger partial charge in [-0.1, -0.05) is 18.2 Å². The van der Waals surface area contributed by atoms with Crippen LogP contribution in [-0.2, 0) is 14.3 Å². The third-order valence-electron chi connectivity index (χ3n) is 1.25. The molecule has 0 aliphatic carbocycles. The molecule has 0 unspecified atom stereocenters. The van der Waals surface area contributed by atoms with Crippen LogP contribution in [0.15, 0.2) is 35.2 Å². The monoisotopic (exact) mass is 179 g/mol. The van der Waals surface area contributed by atoms with E-state index in [0.717, 1.165) is 7.11 Å². The molecule has 0 heterocycles. The molecule has 12 heavy (non-hydrogen) atoms. The first-order chi connectivity index (χ1) is 5.17. The average Bonchev–Trinajstić information content (AvgIpc) is 2.06. The van der Waals surface area contributed by atoms with E-state index in [1.807, 2.05) is 0 Å². The number of rotatable bonds is 2. The molecule has 5 heteroatoms. The normalized spacial score (nSPS) is 10.4. The van der Waals surface area contributed by atoms with Crippen molar-refractivity contribution in [1.29, 1.82) is 0 Å². The summed E-state index contributed by atoms with van der Waals surface area (Å²) in [6, 6.07) is 8.00. The van der Waals surface area contributed by atoms with Crippen LogP contribution < -0.4 is 0 Å². The maximum Gasteiger partial charge on any atom is 0.296 e. The van der Waals surface area contributed by atoms with Crippen molar-refractivity contribution >= 4 is 29.0 Å². The second-order valence-corrected chi connectivity index (χ2v) is 3.65. The summed E-state index contributed by atoms with van der Waals surface area (Å²) in [5.41, 5.74) is 0. The fourth-order valence-electron chi connectivity index (χ4n) is 0.683. The van der Waals surface area contributed by atoms with Crippen LogP contribution in [0.2, 0.25) is 0 Å². The van der Waals surface area contributed by atoms with Crippen LogP contribution in [-0.4, -0.2) is 34.4 Å². The predicted molar refractivity (Wildman–Crippen MR) is 46.4 cm³/mol. The summed E-state index contributed by atoms with van der Waals surface area (Å²) < 4.78 is 26.3. The van der Waals surface area contributed by atoms with E-state index in [2.05, 4.69) is 4.18 Å². The van der Waals surface area contributed by atoms with Crippen LogP contribution in [0.25, 0.3) is 0 Å². The van der Waals surface area contributed by atoms with Gasteiger partial charge in [-0.15, -0.1) is 0 Å². The van der Waals surface area contributed by atoms with Crippen molar-refractivity contribution in [3.63, 3.8) is 0 Å². The molecule has 0 aromatic heterocycles. The molecular formula is C7H8LiO3S. The van der Waals surface area contributed by atoms with E-state index in [9.17, 15) is 8.42 Å². The Labute approximate surface area is 84.0 Å². The van der Waals surface area contributed by atoms with Gasteiger partial charge in [0.25, 0.3) is 10.1 Å². The molecule has 0 atom stereocenters. The van der Waals surface area contributed by atoms with Gasteiger partial charge in [0, 0.05) is 18.9 Å². The van der Waals surface area contributed by atoms with E-state index in [1.165, 1.54) is 12.1 Å². The van der Waals surface area contributed by atoms with Crippen molar-refractivity contribution in [2.45, 2.75) is 4.90 Å². The minimum Gasteiger partial charge on any atom is -0.270 e. The van der Waals surface area contributed by atoms with Gasteiger partial charge in [0.15, 0.2) is 0 Å². The van der Waals surface area contributed by atoms with E-state index in [1.54, 1.807) is 18.2 Å². The van der Waals surface area contributed by atoms with E-state index in [0.29, 0.717) is 0 Å². The zero-order valence-electron chi connectivity index (χ0n) is 7.02. The van der Waals surface area contributed by atoms with Gasteiger partial charge >= 0.3 is 0 Å². The third-order valence-corrected chi connectivity index (χ3v) is 2.54. The summed E-state index contributed by atoms with van der Waals surface area (Å²) in [6.07, 6.45) is 0. The number of hydrogen-bond acceptors (Lipinski definition) is 3.